The smallest absolute Gasteiger partial charge is 0.305 e. The van der Waals surface area contributed by atoms with Crippen molar-refractivity contribution < 1.29 is 14.7 Å². The monoisotopic (exact) mass is 269 g/mol. The highest BCUT2D eigenvalue weighted by molar-refractivity contribution is 9.10. The van der Waals surface area contributed by atoms with Crippen molar-refractivity contribution in [1.82, 2.24) is 5.32 Å². The minimum atomic E-state index is -0.920. The van der Waals surface area contributed by atoms with Crippen LogP contribution in [0.3, 0.4) is 0 Å². The maximum atomic E-state index is 11.5. The summed E-state index contributed by atoms with van der Waals surface area (Å²) in [5, 5.41) is 11.3. The van der Waals surface area contributed by atoms with E-state index in [1.54, 1.807) is 18.2 Å². The molecular formula is C10H8BrNO3. The summed E-state index contributed by atoms with van der Waals surface area (Å²) in [6, 6.07) is 4.86. The lowest BCUT2D eigenvalue weighted by atomic mass is 10.0. The van der Waals surface area contributed by atoms with Crippen LogP contribution in [0, 0.1) is 0 Å². The fraction of sp³-hybridized carbons (Fsp3) is 0.200. The highest BCUT2D eigenvalue weighted by Crippen LogP contribution is 2.29. The van der Waals surface area contributed by atoms with Crippen LogP contribution in [-0.4, -0.2) is 17.0 Å². The molecule has 0 saturated heterocycles. The molecule has 4 nitrogen and oxygen atoms in total. The van der Waals surface area contributed by atoms with Gasteiger partial charge in [-0.15, -0.1) is 0 Å². The number of rotatable bonds is 2. The average Bonchev–Trinajstić information content (AvgIpc) is 2.42. The molecule has 1 heterocycles. The quantitative estimate of drug-likeness (QED) is 0.859. The topological polar surface area (TPSA) is 66.4 Å². The van der Waals surface area contributed by atoms with E-state index in [9.17, 15) is 9.59 Å². The van der Waals surface area contributed by atoms with Crippen LogP contribution in [0.5, 0.6) is 0 Å². The van der Waals surface area contributed by atoms with E-state index in [1.807, 2.05) is 0 Å². The van der Waals surface area contributed by atoms with Gasteiger partial charge in [0.05, 0.1) is 12.5 Å². The first-order chi connectivity index (χ1) is 7.08. The van der Waals surface area contributed by atoms with Crippen molar-refractivity contribution in [3.8, 4) is 0 Å². The number of aliphatic carboxylic acids is 1. The van der Waals surface area contributed by atoms with Crippen LogP contribution in [0.15, 0.2) is 22.7 Å². The zero-order valence-corrected chi connectivity index (χ0v) is 9.24. The summed E-state index contributed by atoms with van der Waals surface area (Å²) in [5.74, 6) is -1.13. The molecule has 1 aliphatic rings. The predicted octanol–water partition coefficient (Wildman–Crippen LogP) is 1.71. The molecule has 0 saturated carbocycles. The van der Waals surface area contributed by atoms with Gasteiger partial charge in [-0.2, -0.15) is 0 Å². The molecule has 0 fully saturated rings. The molecule has 1 aliphatic heterocycles. The van der Waals surface area contributed by atoms with Gasteiger partial charge in [0.15, 0.2) is 0 Å². The summed E-state index contributed by atoms with van der Waals surface area (Å²) in [4.78, 5) is 22.1. The lowest BCUT2D eigenvalue weighted by molar-refractivity contribution is -0.137. The Kier molecular flexibility index (Phi) is 2.48. The molecule has 0 unspecified atom stereocenters. The normalized spacial score (nSPS) is 18.5. The second kappa shape index (κ2) is 3.66. The van der Waals surface area contributed by atoms with Crippen molar-refractivity contribution in [2.24, 2.45) is 0 Å². The van der Waals surface area contributed by atoms with Gasteiger partial charge in [-0.1, -0.05) is 22.0 Å². The van der Waals surface area contributed by atoms with Gasteiger partial charge in [-0.3, -0.25) is 9.59 Å². The number of amides is 1. The van der Waals surface area contributed by atoms with Gasteiger partial charge in [-0.05, 0) is 17.7 Å². The zero-order chi connectivity index (χ0) is 11.0. The van der Waals surface area contributed by atoms with Gasteiger partial charge in [-0.25, -0.2) is 0 Å². The highest BCUT2D eigenvalue weighted by atomic mass is 79.9. The molecule has 1 aromatic rings. The minimum Gasteiger partial charge on any atom is -0.481 e. The number of nitrogens with one attached hydrogen (secondary N) is 1. The first-order valence-electron chi connectivity index (χ1n) is 4.40. The molecule has 78 valence electrons. The van der Waals surface area contributed by atoms with Crippen molar-refractivity contribution >= 4 is 27.8 Å². The Morgan fingerprint density at radius 3 is 2.93 bits per heavy atom. The first kappa shape index (κ1) is 10.2. The van der Waals surface area contributed by atoms with Crippen LogP contribution >= 0.6 is 15.9 Å². The molecule has 0 aromatic heterocycles. The van der Waals surface area contributed by atoms with E-state index in [0.29, 0.717) is 5.56 Å². The standard InChI is InChI=1S/C10H8BrNO3/c11-5-1-2-6-7(3-5)10(15)12-8(6)4-9(13)14/h1-3,8H,4H2,(H,12,15)(H,13,14)/t8-/m0/s1. The maximum Gasteiger partial charge on any atom is 0.305 e. The van der Waals surface area contributed by atoms with Crippen LogP contribution in [-0.2, 0) is 4.79 Å². The Hall–Kier alpha value is -1.36. The third kappa shape index (κ3) is 1.87. The van der Waals surface area contributed by atoms with E-state index in [1.165, 1.54) is 0 Å². The Morgan fingerprint density at radius 2 is 2.27 bits per heavy atom. The highest BCUT2D eigenvalue weighted by Gasteiger charge is 2.29. The van der Waals surface area contributed by atoms with Crippen LogP contribution in [0.1, 0.15) is 28.4 Å². The number of halogens is 1. The van der Waals surface area contributed by atoms with Gasteiger partial charge in [0.25, 0.3) is 5.91 Å². The third-order valence-corrected chi connectivity index (χ3v) is 2.81. The Morgan fingerprint density at radius 1 is 1.53 bits per heavy atom. The van der Waals surface area contributed by atoms with E-state index >= 15 is 0 Å². The van der Waals surface area contributed by atoms with Gasteiger partial charge < -0.3 is 10.4 Å². The van der Waals surface area contributed by atoms with Crippen LogP contribution in [0.4, 0.5) is 0 Å². The largest absolute Gasteiger partial charge is 0.481 e. The van der Waals surface area contributed by atoms with Gasteiger partial charge in [0, 0.05) is 10.0 Å². The summed E-state index contributed by atoms with van der Waals surface area (Å²) in [6.07, 6.45) is -0.0830. The molecule has 5 heteroatoms. The van der Waals surface area contributed by atoms with E-state index in [0.717, 1.165) is 10.0 Å². The average molecular weight is 270 g/mol. The molecule has 0 spiro atoms. The second-order valence-corrected chi connectivity index (χ2v) is 4.27. The molecule has 0 aliphatic carbocycles. The molecular weight excluding hydrogens is 262 g/mol. The lowest BCUT2D eigenvalue weighted by Crippen LogP contribution is -2.21. The molecule has 0 radical (unpaired) electrons. The first-order valence-corrected chi connectivity index (χ1v) is 5.19. The molecule has 1 aromatic carbocycles. The van der Waals surface area contributed by atoms with Crippen molar-refractivity contribution in [1.29, 1.82) is 0 Å². The van der Waals surface area contributed by atoms with Crippen molar-refractivity contribution in [3.05, 3.63) is 33.8 Å². The Labute approximate surface area is 94.4 Å². The van der Waals surface area contributed by atoms with Crippen LogP contribution < -0.4 is 5.32 Å². The Balaban J connectivity index is 2.38. The maximum absolute atomic E-state index is 11.5. The predicted molar refractivity (Wildman–Crippen MR) is 56.6 cm³/mol. The minimum absolute atomic E-state index is 0.0830. The summed E-state index contributed by atoms with van der Waals surface area (Å²) in [6.45, 7) is 0. The number of hydrogen-bond donors (Lipinski definition) is 2. The van der Waals surface area contributed by atoms with Gasteiger partial charge in [0.2, 0.25) is 0 Å². The van der Waals surface area contributed by atoms with Crippen molar-refractivity contribution in [2.45, 2.75) is 12.5 Å². The van der Waals surface area contributed by atoms with E-state index < -0.39 is 12.0 Å². The number of benzene rings is 1. The SMILES string of the molecule is O=C(O)C[C@@H]1NC(=O)c2cc(Br)ccc21. The number of hydrogen-bond acceptors (Lipinski definition) is 2. The number of carboxylic acid groups (broad SMARTS) is 1. The lowest BCUT2D eigenvalue weighted by Gasteiger charge is -2.07. The molecule has 1 atom stereocenters. The fourth-order valence-corrected chi connectivity index (χ4v) is 2.04. The molecule has 15 heavy (non-hydrogen) atoms. The van der Waals surface area contributed by atoms with E-state index in [-0.39, 0.29) is 12.3 Å². The number of carbonyl (C=O) groups excluding carboxylic acids is 1. The summed E-state index contributed by atoms with van der Waals surface area (Å²) < 4.78 is 0.812. The number of carboxylic acids is 1. The zero-order valence-electron chi connectivity index (χ0n) is 7.66. The summed E-state index contributed by atoms with van der Waals surface area (Å²) in [5.41, 5.74) is 1.31. The van der Waals surface area contributed by atoms with E-state index in [2.05, 4.69) is 21.2 Å². The summed E-state index contributed by atoms with van der Waals surface area (Å²) in [7, 11) is 0. The van der Waals surface area contributed by atoms with E-state index in [4.69, 9.17) is 5.11 Å². The fourth-order valence-electron chi connectivity index (χ4n) is 1.68. The number of carbonyl (C=O) groups is 2. The molecule has 1 amide bonds. The number of fused-ring (bicyclic) bond motifs is 1. The van der Waals surface area contributed by atoms with Crippen molar-refractivity contribution in [3.63, 3.8) is 0 Å². The van der Waals surface area contributed by atoms with Gasteiger partial charge >= 0.3 is 5.97 Å². The summed E-state index contributed by atoms with van der Waals surface area (Å²) >= 11 is 3.27. The molecule has 2 N–H and O–H groups in total. The van der Waals surface area contributed by atoms with Crippen molar-refractivity contribution in [2.75, 3.05) is 0 Å². The third-order valence-electron chi connectivity index (χ3n) is 2.32. The van der Waals surface area contributed by atoms with Crippen LogP contribution in [0.2, 0.25) is 0 Å². The molecule has 0 bridgehead atoms. The van der Waals surface area contributed by atoms with Gasteiger partial charge in [0.1, 0.15) is 0 Å². The second-order valence-electron chi connectivity index (χ2n) is 3.36. The Bertz CT molecular complexity index is 444. The van der Waals surface area contributed by atoms with Crippen LogP contribution in [0.25, 0.3) is 0 Å². The molecule has 2 rings (SSSR count).